The molecule has 0 N–H and O–H groups in total. The first-order valence-corrected chi connectivity index (χ1v) is 11.7. The number of amides is 1. The zero-order chi connectivity index (χ0) is 18.8. The average molecular weight is 406 g/mol. The van der Waals surface area contributed by atoms with Gasteiger partial charge in [0, 0.05) is 38.2 Å². The van der Waals surface area contributed by atoms with E-state index in [9.17, 15) is 4.79 Å². The second kappa shape index (κ2) is 8.37. The normalized spacial score (nSPS) is 21.1. The van der Waals surface area contributed by atoms with Gasteiger partial charge in [-0.05, 0) is 49.6 Å². The highest BCUT2D eigenvalue weighted by Gasteiger charge is 2.29. The SMILES string of the molecule is CSc1ccc2nc(N3CCC(CN(C)C(=O)C4CCOC4)CC3)sc2c1. The fourth-order valence-electron chi connectivity index (χ4n) is 3.98. The van der Waals surface area contributed by atoms with Gasteiger partial charge in [0.2, 0.25) is 5.91 Å². The van der Waals surface area contributed by atoms with E-state index < -0.39 is 0 Å². The lowest BCUT2D eigenvalue weighted by Gasteiger charge is -2.34. The number of hydrogen-bond acceptors (Lipinski definition) is 6. The molecule has 0 spiro atoms. The minimum atomic E-state index is 0.0732. The Morgan fingerprint density at radius 2 is 2.19 bits per heavy atom. The molecule has 1 aromatic carbocycles. The van der Waals surface area contributed by atoms with E-state index in [1.807, 2.05) is 11.9 Å². The van der Waals surface area contributed by atoms with Crippen molar-refractivity contribution in [3.8, 4) is 0 Å². The molecule has 2 aromatic rings. The molecule has 2 aliphatic rings. The van der Waals surface area contributed by atoms with E-state index in [0.29, 0.717) is 12.5 Å². The third-order valence-corrected chi connectivity index (χ3v) is 7.46. The summed E-state index contributed by atoms with van der Waals surface area (Å²) in [6, 6.07) is 6.51. The van der Waals surface area contributed by atoms with Gasteiger partial charge in [-0.2, -0.15) is 0 Å². The summed E-state index contributed by atoms with van der Waals surface area (Å²) in [4.78, 5) is 22.9. The van der Waals surface area contributed by atoms with Crippen LogP contribution in [0.4, 0.5) is 5.13 Å². The Hall–Kier alpha value is -1.31. The van der Waals surface area contributed by atoms with Crippen LogP contribution in [0.3, 0.4) is 0 Å². The van der Waals surface area contributed by atoms with Crippen molar-refractivity contribution in [3.63, 3.8) is 0 Å². The smallest absolute Gasteiger partial charge is 0.227 e. The second-order valence-corrected chi connectivity index (χ2v) is 9.43. The molecule has 27 heavy (non-hydrogen) atoms. The maximum atomic E-state index is 12.5. The predicted octanol–water partition coefficient (Wildman–Crippen LogP) is 3.73. The van der Waals surface area contributed by atoms with E-state index in [1.165, 1.54) is 9.60 Å². The number of anilines is 1. The third-order valence-electron chi connectivity index (χ3n) is 5.66. The van der Waals surface area contributed by atoms with E-state index >= 15 is 0 Å². The first-order valence-electron chi connectivity index (χ1n) is 9.66. The van der Waals surface area contributed by atoms with Gasteiger partial charge in [-0.25, -0.2) is 4.98 Å². The van der Waals surface area contributed by atoms with Crippen molar-refractivity contribution >= 4 is 44.4 Å². The zero-order valence-electron chi connectivity index (χ0n) is 16.0. The fourth-order valence-corrected chi connectivity index (χ4v) is 5.55. The molecule has 2 aliphatic heterocycles. The number of thioether (sulfide) groups is 1. The molecular formula is C20H27N3O2S2. The molecule has 1 amide bonds. The number of hydrogen-bond donors (Lipinski definition) is 0. The van der Waals surface area contributed by atoms with Crippen LogP contribution in [0.25, 0.3) is 10.2 Å². The zero-order valence-corrected chi connectivity index (χ0v) is 17.7. The van der Waals surface area contributed by atoms with Crippen molar-refractivity contribution in [1.29, 1.82) is 0 Å². The van der Waals surface area contributed by atoms with Crippen molar-refractivity contribution in [2.75, 3.05) is 51.1 Å². The Morgan fingerprint density at radius 1 is 1.37 bits per heavy atom. The average Bonchev–Trinajstić information content (AvgIpc) is 3.37. The largest absolute Gasteiger partial charge is 0.381 e. The number of nitrogens with zero attached hydrogens (tertiary/aromatic N) is 3. The van der Waals surface area contributed by atoms with Crippen LogP contribution < -0.4 is 4.90 Å². The highest BCUT2D eigenvalue weighted by Crippen LogP contribution is 2.33. The second-order valence-electron chi connectivity index (χ2n) is 7.54. The third kappa shape index (κ3) is 4.25. The molecular weight excluding hydrogens is 378 g/mol. The van der Waals surface area contributed by atoms with Gasteiger partial charge in [0.15, 0.2) is 5.13 Å². The van der Waals surface area contributed by atoms with Crippen molar-refractivity contribution < 1.29 is 9.53 Å². The minimum absolute atomic E-state index is 0.0732. The van der Waals surface area contributed by atoms with E-state index in [0.717, 1.165) is 56.2 Å². The van der Waals surface area contributed by atoms with E-state index in [2.05, 4.69) is 29.4 Å². The summed E-state index contributed by atoms with van der Waals surface area (Å²) in [6.07, 6.45) is 5.21. The van der Waals surface area contributed by atoms with Gasteiger partial charge in [-0.1, -0.05) is 11.3 Å². The molecule has 1 atom stereocenters. The number of benzene rings is 1. The number of carbonyl (C=O) groups excluding carboxylic acids is 1. The quantitative estimate of drug-likeness (QED) is 0.710. The predicted molar refractivity (Wildman–Crippen MR) is 113 cm³/mol. The lowest BCUT2D eigenvalue weighted by Crippen LogP contribution is -2.41. The summed E-state index contributed by atoms with van der Waals surface area (Å²) >= 11 is 3.56. The lowest BCUT2D eigenvalue weighted by atomic mass is 9.96. The van der Waals surface area contributed by atoms with Gasteiger partial charge in [-0.3, -0.25) is 4.79 Å². The first-order chi connectivity index (χ1) is 13.1. The lowest BCUT2D eigenvalue weighted by molar-refractivity contribution is -0.134. The summed E-state index contributed by atoms with van der Waals surface area (Å²) < 4.78 is 6.63. The van der Waals surface area contributed by atoms with Crippen LogP contribution in [-0.2, 0) is 9.53 Å². The maximum absolute atomic E-state index is 12.5. The van der Waals surface area contributed by atoms with Crippen LogP contribution >= 0.6 is 23.1 Å². The fraction of sp³-hybridized carbons (Fsp3) is 0.600. The molecule has 0 bridgehead atoms. The van der Waals surface area contributed by atoms with E-state index in [1.54, 1.807) is 23.1 Å². The number of ether oxygens (including phenoxy) is 1. The van der Waals surface area contributed by atoms with Crippen molar-refractivity contribution in [1.82, 2.24) is 9.88 Å². The first kappa shape index (κ1) is 19.0. The number of thiazole rings is 1. The van der Waals surface area contributed by atoms with Gasteiger partial charge in [0.05, 0.1) is 22.7 Å². The monoisotopic (exact) mass is 405 g/mol. The maximum Gasteiger partial charge on any atom is 0.227 e. The van der Waals surface area contributed by atoms with Crippen LogP contribution in [0.2, 0.25) is 0 Å². The highest BCUT2D eigenvalue weighted by molar-refractivity contribution is 7.98. The number of fused-ring (bicyclic) bond motifs is 1. The standard InChI is InChI=1S/C20H27N3O2S2/c1-22(19(24)15-7-10-25-13-15)12-14-5-8-23(9-6-14)20-21-17-4-3-16(26-2)11-18(17)27-20/h3-4,11,14-15H,5-10,12-13H2,1-2H3. The van der Waals surface area contributed by atoms with Crippen LogP contribution in [0, 0.1) is 11.8 Å². The molecule has 7 heteroatoms. The molecule has 3 heterocycles. The Balaban J connectivity index is 1.32. The molecule has 0 radical (unpaired) electrons. The Labute approximate surface area is 169 Å². The van der Waals surface area contributed by atoms with Crippen LogP contribution in [0.1, 0.15) is 19.3 Å². The van der Waals surface area contributed by atoms with Crippen LogP contribution in [0.15, 0.2) is 23.1 Å². The minimum Gasteiger partial charge on any atom is -0.381 e. The number of aromatic nitrogens is 1. The summed E-state index contributed by atoms with van der Waals surface area (Å²) in [7, 11) is 1.95. The Kier molecular flexibility index (Phi) is 5.90. The summed E-state index contributed by atoms with van der Waals surface area (Å²) in [6.45, 7) is 4.23. The summed E-state index contributed by atoms with van der Waals surface area (Å²) in [5, 5.41) is 1.13. The van der Waals surface area contributed by atoms with Gasteiger partial charge in [0.25, 0.3) is 0 Å². The van der Waals surface area contributed by atoms with Gasteiger partial charge >= 0.3 is 0 Å². The Morgan fingerprint density at radius 3 is 2.89 bits per heavy atom. The summed E-state index contributed by atoms with van der Waals surface area (Å²) in [5.41, 5.74) is 1.10. The Bertz CT molecular complexity index is 796. The number of carbonyl (C=O) groups is 1. The number of piperidine rings is 1. The topological polar surface area (TPSA) is 45.7 Å². The van der Waals surface area contributed by atoms with E-state index in [4.69, 9.17) is 9.72 Å². The highest BCUT2D eigenvalue weighted by atomic mass is 32.2. The molecule has 0 aliphatic carbocycles. The van der Waals surface area contributed by atoms with Gasteiger partial charge < -0.3 is 14.5 Å². The van der Waals surface area contributed by atoms with Crippen LogP contribution in [0.5, 0.6) is 0 Å². The summed E-state index contributed by atoms with van der Waals surface area (Å²) in [5.74, 6) is 0.907. The van der Waals surface area contributed by atoms with Gasteiger partial charge in [0.1, 0.15) is 0 Å². The van der Waals surface area contributed by atoms with Crippen molar-refractivity contribution in [2.24, 2.45) is 11.8 Å². The molecule has 5 nitrogen and oxygen atoms in total. The molecule has 2 fully saturated rings. The molecule has 0 saturated carbocycles. The van der Waals surface area contributed by atoms with Crippen molar-refractivity contribution in [3.05, 3.63) is 18.2 Å². The molecule has 146 valence electrons. The molecule has 1 unspecified atom stereocenters. The van der Waals surface area contributed by atoms with Crippen LogP contribution in [-0.4, -0.2) is 61.9 Å². The number of rotatable bonds is 5. The van der Waals surface area contributed by atoms with E-state index in [-0.39, 0.29) is 11.8 Å². The van der Waals surface area contributed by atoms with Crippen molar-refractivity contribution in [2.45, 2.75) is 24.2 Å². The van der Waals surface area contributed by atoms with Gasteiger partial charge in [-0.15, -0.1) is 11.8 Å². The molecule has 2 saturated heterocycles. The molecule has 4 rings (SSSR count). The molecule has 1 aromatic heterocycles.